The van der Waals surface area contributed by atoms with Gasteiger partial charge in [0.15, 0.2) is 11.3 Å². The fourth-order valence-electron chi connectivity index (χ4n) is 2.27. The van der Waals surface area contributed by atoms with Crippen LogP contribution < -0.4 is 10.1 Å². The first-order valence-corrected chi connectivity index (χ1v) is 6.27. The van der Waals surface area contributed by atoms with Crippen molar-refractivity contribution in [2.75, 3.05) is 26.8 Å². The number of furan rings is 1. The zero-order chi connectivity index (χ0) is 12.4. The number of nitrogens with one attached hydrogen (secondary N) is 1. The van der Waals surface area contributed by atoms with Crippen molar-refractivity contribution in [2.24, 2.45) is 0 Å². The largest absolute Gasteiger partial charge is 0.493 e. The number of fused-ring (bicyclic) bond motifs is 1. The third-order valence-corrected chi connectivity index (χ3v) is 3.21. The molecule has 1 saturated heterocycles. The lowest BCUT2D eigenvalue weighted by atomic mass is 10.2. The summed E-state index contributed by atoms with van der Waals surface area (Å²) < 4.78 is 17.0. The molecule has 4 nitrogen and oxygen atoms in total. The first-order valence-electron chi connectivity index (χ1n) is 6.27. The van der Waals surface area contributed by atoms with Crippen molar-refractivity contribution in [3.63, 3.8) is 0 Å². The van der Waals surface area contributed by atoms with Gasteiger partial charge >= 0.3 is 0 Å². The Labute approximate surface area is 106 Å². The van der Waals surface area contributed by atoms with Gasteiger partial charge in [-0.25, -0.2) is 0 Å². The maximum absolute atomic E-state index is 5.90. The molecule has 0 spiro atoms. The average Bonchev–Trinajstić information content (AvgIpc) is 2.65. The van der Waals surface area contributed by atoms with E-state index in [2.05, 4.69) is 5.32 Å². The smallest absolute Gasteiger partial charge is 0.176 e. The number of methoxy groups -OCH3 is 1. The maximum atomic E-state index is 5.90. The van der Waals surface area contributed by atoms with Crippen molar-refractivity contribution < 1.29 is 13.9 Å². The lowest BCUT2D eigenvalue weighted by Gasteiger charge is -2.11. The zero-order valence-corrected chi connectivity index (χ0v) is 10.4. The highest BCUT2D eigenvalue weighted by molar-refractivity contribution is 5.83. The Balaban J connectivity index is 1.96. The Kier molecular flexibility index (Phi) is 3.21. The summed E-state index contributed by atoms with van der Waals surface area (Å²) in [5.41, 5.74) is 0.794. The van der Waals surface area contributed by atoms with Crippen LogP contribution in [0.15, 0.2) is 28.7 Å². The molecule has 1 aliphatic rings. The van der Waals surface area contributed by atoms with Crippen molar-refractivity contribution >= 4 is 11.0 Å². The molecular weight excluding hydrogens is 230 g/mol. The molecule has 1 fully saturated rings. The summed E-state index contributed by atoms with van der Waals surface area (Å²) in [6.07, 6.45) is 1.03. The number of hydrogen-bond acceptors (Lipinski definition) is 4. The quantitative estimate of drug-likeness (QED) is 0.885. The lowest BCUT2D eigenvalue weighted by Crippen LogP contribution is -2.19. The van der Waals surface area contributed by atoms with E-state index in [9.17, 15) is 0 Å². The normalized spacial score (nSPS) is 20.8. The van der Waals surface area contributed by atoms with Crippen molar-refractivity contribution in [1.82, 2.24) is 5.32 Å². The molecule has 3 rings (SSSR count). The molecule has 1 aliphatic heterocycles. The highest BCUT2D eigenvalue weighted by Crippen LogP contribution is 2.32. The van der Waals surface area contributed by atoms with Crippen LogP contribution in [0.25, 0.3) is 11.0 Å². The Morgan fingerprint density at radius 2 is 2.33 bits per heavy atom. The van der Waals surface area contributed by atoms with Gasteiger partial charge in [-0.3, -0.25) is 0 Å². The number of para-hydroxylation sites is 1. The Morgan fingerprint density at radius 3 is 3.22 bits per heavy atom. The summed E-state index contributed by atoms with van der Waals surface area (Å²) in [6.45, 7) is 2.56. The first-order chi connectivity index (χ1) is 8.88. The molecule has 0 bridgehead atoms. The molecule has 1 unspecified atom stereocenters. The van der Waals surface area contributed by atoms with Gasteiger partial charge in [0, 0.05) is 18.5 Å². The lowest BCUT2D eigenvalue weighted by molar-refractivity contribution is 0.0524. The average molecular weight is 247 g/mol. The standard InChI is InChI=1S/C14H17NO3/c1-16-11-5-2-4-10-8-12(18-14(10)11)13-9-15-6-3-7-17-13/h2,4-5,8,13,15H,3,6-7,9H2,1H3. The van der Waals surface area contributed by atoms with Crippen LogP contribution in [0.3, 0.4) is 0 Å². The predicted molar refractivity (Wildman–Crippen MR) is 68.9 cm³/mol. The minimum absolute atomic E-state index is 0.00962. The second kappa shape index (κ2) is 5.00. The van der Waals surface area contributed by atoms with Gasteiger partial charge in [0.25, 0.3) is 0 Å². The number of rotatable bonds is 2. The van der Waals surface area contributed by atoms with Gasteiger partial charge in [-0.15, -0.1) is 0 Å². The first kappa shape index (κ1) is 11.6. The molecule has 1 aromatic heterocycles. The van der Waals surface area contributed by atoms with Crippen LogP contribution >= 0.6 is 0 Å². The van der Waals surface area contributed by atoms with Gasteiger partial charge < -0.3 is 19.2 Å². The molecule has 1 atom stereocenters. The molecule has 0 amide bonds. The molecular formula is C14H17NO3. The highest BCUT2D eigenvalue weighted by Gasteiger charge is 2.19. The summed E-state index contributed by atoms with van der Waals surface area (Å²) >= 11 is 0. The molecule has 0 saturated carbocycles. The number of ether oxygens (including phenoxy) is 2. The molecule has 18 heavy (non-hydrogen) atoms. The van der Waals surface area contributed by atoms with Crippen LogP contribution in [-0.4, -0.2) is 26.8 Å². The number of hydrogen-bond donors (Lipinski definition) is 1. The molecule has 1 N–H and O–H groups in total. The molecule has 96 valence electrons. The molecule has 2 heterocycles. The van der Waals surface area contributed by atoms with E-state index in [-0.39, 0.29) is 6.10 Å². The van der Waals surface area contributed by atoms with Crippen molar-refractivity contribution in [3.8, 4) is 5.75 Å². The maximum Gasteiger partial charge on any atom is 0.176 e. The summed E-state index contributed by atoms with van der Waals surface area (Å²) in [7, 11) is 1.65. The molecule has 0 aliphatic carbocycles. The van der Waals surface area contributed by atoms with E-state index in [4.69, 9.17) is 13.9 Å². The van der Waals surface area contributed by atoms with E-state index < -0.39 is 0 Å². The molecule has 0 radical (unpaired) electrons. The van der Waals surface area contributed by atoms with Crippen LogP contribution in [0.2, 0.25) is 0 Å². The predicted octanol–water partition coefficient (Wildman–Crippen LogP) is 2.49. The van der Waals surface area contributed by atoms with Crippen molar-refractivity contribution in [2.45, 2.75) is 12.5 Å². The van der Waals surface area contributed by atoms with Gasteiger partial charge in [-0.1, -0.05) is 12.1 Å². The fourth-order valence-corrected chi connectivity index (χ4v) is 2.27. The topological polar surface area (TPSA) is 43.6 Å². The van der Waals surface area contributed by atoms with E-state index in [0.29, 0.717) is 0 Å². The third-order valence-electron chi connectivity index (χ3n) is 3.21. The van der Waals surface area contributed by atoms with E-state index in [1.807, 2.05) is 24.3 Å². The van der Waals surface area contributed by atoms with Crippen molar-refractivity contribution in [1.29, 1.82) is 0 Å². The molecule has 1 aromatic carbocycles. The second-order valence-corrected chi connectivity index (χ2v) is 4.44. The summed E-state index contributed by atoms with van der Waals surface area (Å²) in [6, 6.07) is 7.93. The van der Waals surface area contributed by atoms with E-state index in [1.165, 1.54) is 0 Å². The SMILES string of the molecule is COc1cccc2cc(C3CNCCCO3)oc12. The molecule has 2 aromatic rings. The van der Waals surface area contributed by atoms with Gasteiger partial charge in [0.2, 0.25) is 0 Å². The highest BCUT2D eigenvalue weighted by atomic mass is 16.5. The fraction of sp³-hybridized carbons (Fsp3) is 0.429. The summed E-state index contributed by atoms with van der Waals surface area (Å²) in [5, 5.41) is 4.41. The van der Waals surface area contributed by atoms with Crippen LogP contribution in [0.1, 0.15) is 18.3 Å². The Bertz CT molecular complexity index is 527. The third kappa shape index (κ3) is 2.09. The van der Waals surface area contributed by atoms with Gasteiger partial charge in [-0.2, -0.15) is 0 Å². The van der Waals surface area contributed by atoms with E-state index >= 15 is 0 Å². The van der Waals surface area contributed by atoms with E-state index in [1.54, 1.807) is 7.11 Å². The van der Waals surface area contributed by atoms with Gasteiger partial charge in [-0.05, 0) is 25.1 Å². The Hall–Kier alpha value is -1.52. The van der Waals surface area contributed by atoms with Gasteiger partial charge in [0.1, 0.15) is 11.9 Å². The summed E-state index contributed by atoms with van der Waals surface area (Å²) in [5.74, 6) is 1.63. The monoisotopic (exact) mass is 247 g/mol. The van der Waals surface area contributed by atoms with Crippen LogP contribution in [0.4, 0.5) is 0 Å². The summed E-state index contributed by atoms with van der Waals surface area (Å²) in [4.78, 5) is 0. The molecule has 4 heteroatoms. The van der Waals surface area contributed by atoms with Crippen LogP contribution in [0.5, 0.6) is 5.75 Å². The minimum atomic E-state index is -0.00962. The van der Waals surface area contributed by atoms with Crippen LogP contribution in [0, 0.1) is 0 Å². The minimum Gasteiger partial charge on any atom is -0.493 e. The second-order valence-electron chi connectivity index (χ2n) is 4.44. The van der Waals surface area contributed by atoms with E-state index in [0.717, 1.165) is 48.6 Å². The van der Waals surface area contributed by atoms with Gasteiger partial charge in [0.05, 0.1) is 7.11 Å². The van der Waals surface area contributed by atoms with Crippen LogP contribution in [-0.2, 0) is 4.74 Å². The number of benzene rings is 1. The zero-order valence-electron chi connectivity index (χ0n) is 10.4. The van der Waals surface area contributed by atoms with Crippen molar-refractivity contribution in [3.05, 3.63) is 30.0 Å². The Morgan fingerprint density at radius 1 is 1.39 bits per heavy atom.